The van der Waals surface area contributed by atoms with Gasteiger partial charge in [0.1, 0.15) is 11.5 Å². The van der Waals surface area contributed by atoms with Gasteiger partial charge in [-0.25, -0.2) is 9.18 Å². The van der Waals surface area contributed by atoms with Crippen LogP contribution >= 0.6 is 11.6 Å². The predicted octanol–water partition coefficient (Wildman–Crippen LogP) is 2.58. The minimum Gasteiger partial charge on any atom is -0.313 e. The molecule has 126 valence electrons. The molecule has 2 atom stereocenters. The summed E-state index contributed by atoms with van der Waals surface area (Å²) in [6.45, 7) is 0. The molecule has 1 aliphatic rings. The number of halogens is 2. The smallest absolute Gasteiger partial charge is 0.313 e. The van der Waals surface area contributed by atoms with Crippen LogP contribution in [0.3, 0.4) is 0 Å². The van der Waals surface area contributed by atoms with E-state index in [1.54, 1.807) is 12.1 Å². The van der Waals surface area contributed by atoms with Crippen molar-refractivity contribution in [2.24, 2.45) is 0 Å². The summed E-state index contributed by atoms with van der Waals surface area (Å²) in [4.78, 5) is 27.6. The molecule has 0 radical (unpaired) electrons. The van der Waals surface area contributed by atoms with Crippen molar-refractivity contribution >= 4 is 11.6 Å². The number of hydrogen-bond acceptors (Lipinski definition) is 4. The molecule has 25 heavy (non-hydrogen) atoms. The van der Waals surface area contributed by atoms with Crippen LogP contribution in [0, 0.1) is 5.82 Å². The molecule has 2 aromatic heterocycles. The van der Waals surface area contributed by atoms with E-state index in [1.807, 2.05) is 6.07 Å². The Morgan fingerprint density at radius 3 is 2.76 bits per heavy atom. The van der Waals surface area contributed by atoms with E-state index in [0.717, 1.165) is 17.5 Å². The van der Waals surface area contributed by atoms with Gasteiger partial charge in [0, 0.05) is 6.20 Å². The van der Waals surface area contributed by atoms with Gasteiger partial charge in [-0.3, -0.25) is 9.78 Å². The summed E-state index contributed by atoms with van der Waals surface area (Å²) in [7, 11) is 0. The first kappa shape index (κ1) is 15.7. The van der Waals surface area contributed by atoms with Crippen LogP contribution in [-0.2, 0) is 0 Å². The molecule has 4 rings (SSSR count). The van der Waals surface area contributed by atoms with Crippen molar-refractivity contribution in [3.8, 4) is 11.3 Å². The quantitative estimate of drug-likeness (QED) is 0.752. The fraction of sp³-hybridized carbons (Fsp3) is 0.176. The molecule has 1 saturated carbocycles. The van der Waals surface area contributed by atoms with Crippen molar-refractivity contribution < 1.29 is 4.39 Å². The van der Waals surface area contributed by atoms with E-state index < -0.39 is 11.2 Å². The number of aromatic nitrogens is 4. The Morgan fingerprint density at radius 1 is 1.16 bits per heavy atom. The predicted molar refractivity (Wildman–Crippen MR) is 90.2 cm³/mol. The van der Waals surface area contributed by atoms with E-state index >= 15 is 0 Å². The molecule has 3 aromatic rings. The van der Waals surface area contributed by atoms with Gasteiger partial charge < -0.3 is 4.98 Å². The summed E-state index contributed by atoms with van der Waals surface area (Å²) in [6, 6.07) is 8.17. The molecule has 1 aromatic carbocycles. The van der Waals surface area contributed by atoms with Crippen LogP contribution in [0.1, 0.15) is 29.4 Å². The summed E-state index contributed by atoms with van der Waals surface area (Å²) < 4.78 is 13.4. The topological polar surface area (TPSA) is 91.5 Å². The molecule has 0 unspecified atom stereocenters. The maximum atomic E-state index is 13.4. The first-order valence-corrected chi connectivity index (χ1v) is 8.01. The van der Waals surface area contributed by atoms with Gasteiger partial charge >= 0.3 is 5.69 Å². The van der Waals surface area contributed by atoms with Crippen LogP contribution in [-0.4, -0.2) is 20.2 Å². The highest BCUT2D eigenvalue weighted by Crippen LogP contribution is 2.56. The highest BCUT2D eigenvalue weighted by molar-refractivity contribution is 6.30. The molecule has 0 aliphatic heterocycles. The molecule has 2 heterocycles. The van der Waals surface area contributed by atoms with Crippen LogP contribution in [0.2, 0.25) is 5.15 Å². The van der Waals surface area contributed by atoms with Gasteiger partial charge in [-0.1, -0.05) is 23.7 Å². The number of rotatable bonds is 3. The number of benzene rings is 1. The summed E-state index contributed by atoms with van der Waals surface area (Å²) in [5, 5.41) is 8.12. The zero-order valence-electron chi connectivity index (χ0n) is 12.8. The lowest BCUT2D eigenvalue weighted by atomic mass is 10.0. The van der Waals surface area contributed by atoms with Crippen molar-refractivity contribution in [2.75, 3.05) is 0 Å². The maximum absolute atomic E-state index is 13.4. The van der Waals surface area contributed by atoms with Crippen molar-refractivity contribution in [1.82, 2.24) is 20.2 Å². The molecule has 6 nitrogen and oxygen atoms in total. The van der Waals surface area contributed by atoms with Crippen LogP contribution in [0.15, 0.2) is 46.1 Å². The van der Waals surface area contributed by atoms with E-state index in [-0.39, 0.29) is 28.4 Å². The first-order chi connectivity index (χ1) is 12.0. The minimum absolute atomic E-state index is 0.0883. The number of aromatic amines is 2. The van der Waals surface area contributed by atoms with Crippen LogP contribution in [0.25, 0.3) is 11.3 Å². The van der Waals surface area contributed by atoms with E-state index in [9.17, 15) is 14.0 Å². The third-order valence-electron chi connectivity index (χ3n) is 4.34. The SMILES string of the molecule is O=c1[nH]cc(-c2cc([C@H]3C[C@@H]3c3cccc(F)c3)c(Cl)nn2)c(=O)[nH]1. The zero-order chi connectivity index (χ0) is 17.6. The minimum atomic E-state index is -0.593. The molecular formula is C17H12ClFN4O2. The number of hydrogen-bond donors (Lipinski definition) is 2. The lowest BCUT2D eigenvalue weighted by Crippen LogP contribution is -2.23. The van der Waals surface area contributed by atoms with Gasteiger partial charge in [-0.05, 0) is 47.6 Å². The zero-order valence-corrected chi connectivity index (χ0v) is 13.5. The Morgan fingerprint density at radius 2 is 2.00 bits per heavy atom. The summed E-state index contributed by atoms with van der Waals surface area (Å²) in [5.74, 6) is -0.0351. The van der Waals surface area contributed by atoms with Crippen molar-refractivity contribution in [2.45, 2.75) is 18.3 Å². The van der Waals surface area contributed by atoms with Crippen molar-refractivity contribution in [3.63, 3.8) is 0 Å². The summed E-state index contributed by atoms with van der Waals surface area (Å²) in [6.07, 6.45) is 2.11. The second-order valence-corrected chi connectivity index (χ2v) is 6.32. The number of nitrogens with one attached hydrogen (secondary N) is 2. The fourth-order valence-corrected chi connectivity index (χ4v) is 3.26. The molecule has 8 heteroatoms. The third-order valence-corrected chi connectivity index (χ3v) is 4.63. The van der Waals surface area contributed by atoms with E-state index in [0.29, 0.717) is 5.69 Å². The molecule has 1 aliphatic carbocycles. The summed E-state index contributed by atoms with van der Waals surface area (Å²) in [5.41, 5.74) is 1.04. The average molecular weight is 359 g/mol. The normalized spacial score (nSPS) is 19.0. The third kappa shape index (κ3) is 2.98. The van der Waals surface area contributed by atoms with Gasteiger partial charge in [0.25, 0.3) is 5.56 Å². The van der Waals surface area contributed by atoms with Crippen molar-refractivity contribution in [1.29, 1.82) is 0 Å². The second-order valence-electron chi connectivity index (χ2n) is 5.97. The van der Waals surface area contributed by atoms with Crippen LogP contribution < -0.4 is 11.2 Å². The lowest BCUT2D eigenvalue weighted by molar-refractivity contribution is 0.625. The van der Waals surface area contributed by atoms with E-state index in [2.05, 4.69) is 20.2 Å². The Bertz CT molecular complexity index is 1080. The molecule has 1 fully saturated rings. The molecule has 0 bridgehead atoms. The van der Waals surface area contributed by atoms with Gasteiger partial charge in [0.15, 0.2) is 5.15 Å². The Kier molecular flexibility index (Phi) is 3.73. The molecule has 0 amide bonds. The largest absolute Gasteiger partial charge is 0.325 e. The Labute approximate surface area is 145 Å². The van der Waals surface area contributed by atoms with Crippen molar-refractivity contribution in [3.05, 3.63) is 79.5 Å². The monoisotopic (exact) mass is 358 g/mol. The van der Waals surface area contributed by atoms with Crippen LogP contribution in [0.4, 0.5) is 4.39 Å². The van der Waals surface area contributed by atoms with Crippen LogP contribution in [0.5, 0.6) is 0 Å². The standard InChI is InChI=1S/C17H12ClFN4O2/c18-15-12(11-5-10(11)8-2-1-3-9(19)4-8)6-14(22-23-15)13-7-20-17(25)21-16(13)24/h1-4,6-7,10-11H,5H2,(H2,20,21,24,25)/t10-,11+/m1/s1. The molecule has 0 spiro atoms. The van der Waals surface area contributed by atoms with Gasteiger partial charge in [-0.2, -0.15) is 0 Å². The average Bonchev–Trinajstić information content (AvgIpc) is 3.36. The lowest BCUT2D eigenvalue weighted by Gasteiger charge is -2.06. The molecular weight excluding hydrogens is 347 g/mol. The maximum Gasteiger partial charge on any atom is 0.325 e. The second kappa shape index (κ2) is 5.93. The fourth-order valence-electron chi connectivity index (χ4n) is 3.03. The van der Waals surface area contributed by atoms with E-state index in [4.69, 9.17) is 11.6 Å². The summed E-state index contributed by atoms with van der Waals surface area (Å²) >= 11 is 6.18. The van der Waals surface area contributed by atoms with Gasteiger partial charge in [-0.15, -0.1) is 10.2 Å². The highest BCUT2D eigenvalue weighted by Gasteiger charge is 2.41. The molecule has 0 saturated heterocycles. The van der Waals surface area contributed by atoms with Gasteiger partial charge in [0.2, 0.25) is 0 Å². The van der Waals surface area contributed by atoms with E-state index in [1.165, 1.54) is 18.3 Å². The number of nitrogens with zero attached hydrogens (tertiary/aromatic N) is 2. The molecule has 2 N–H and O–H groups in total. The van der Waals surface area contributed by atoms with Gasteiger partial charge in [0.05, 0.1) is 5.56 Å². The first-order valence-electron chi connectivity index (χ1n) is 7.64. The number of H-pyrrole nitrogens is 2. The highest BCUT2D eigenvalue weighted by atomic mass is 35.5. The Hall–Kier alpha value is -2.80. The Balaban J connectivity index is 1.70.